The predicted octanol–water partition coefficient (Wildman–Crippen LogP) is 3.48. The molecule has 1 N–H and O–H groups in total. The summed E-state index contributed by atoms with van der Waals surface area (Å²) in [6.07, 6.45) is 0.472. The first kappa shape index (κ1) is 17.2. The Bertz CT molecular complexity index is 800. The number of amides is 3. The fraction of sp³-hybridized carbons (Fsp3) is 0.211. The number of hydrogen-bond donors (Lipinski definition) is 1. The molecule has 5 nitrogen and oxygen atoms in total. The zero-order chi connectivity index (χ0) is 18.0. The van der Waals surface area contributed by atoms with E-state index >= 15 is 0 Å². The third kappa shape index (κ3) is 3.72. The highest BCUT2D eigenvalue weighted by Gasteiger charge is 2.30. The van der Waals surface area contributed by atoms with Crippen molar-refractivity contribution < 1.29 is 14.4 Å². The number of rotatable bonds is 4. The number of carbonyl (C=O) groups is 3. The van der Waals surface area contributed by atoms with E-state index in [1.165, 1.54) is 0 Å². The molecule has 3 amide bonds. The number of nitrogens with zero attached hydrogens (tertiary/aromatic N) is 1. The zero-order valence-corrected chi connectivity index (χ0v) is 14.4. The van der Waals surface area contributed by atoms with Crippen molar-refractivity contribution in [1.82, 2.24) is 5.32 Å². The first-order valence-electron chi connectivity index (χ1n) is 7.98. The van der Waals surface area contributed by atoms with Crippen LogP contribution in [0, 0.1) is 0 Å². The Morgan fingerprint density at radius 1 is 1.00 bits per heavy atom. The van der Waals surface area contributed by atoms with Gasteiger partial charge in [-0.25, -0.2) is 0 Å². The van der Waals surface area contributed by atoms with Crippen LogP contribution in [0.2, 0.25) is 5.02 Å². The van der Waals surface area contributed by atoms with Crippen LogP contribution in [-0.4, -0.2) is 17.7 Å². The highest BCUT2D eigenvalue weighted by Crippen LogP contribution is 2.23. The van der Waals surface area contributed by atoms with Crippen LogP contribution >= 0.6 is 11.6 Å². The smallest absolute Gasteiger partial charge is 0.251 e. The maximum absolute atomic E-state index is 12.4. The highest BCUT2D eigenvalue weighted by molar-refractivity contribution is 6.30. The SMILES string of the molecule is CC(NC(=O)c1ccc(N2C(=O)CCC2=O)cc1)c1ccc(Cl)cc1. The van der Waals surface area contributed by atoms with Gasteiger partial charge < -0.3 is 5.32 Å². The van der Waals surface area contributed by atoms with Crippen molar-refractivity contribution in [2.75, 3.05) is 4.90 Å². The van der Waals surface area contributed by atoms with E-state index in [2.05, 4.69) is 5.32 Å². The van der Waals surface area contributed by atoms with Gasteiger partial charge in [-0.2, -0.15) is 0 Å². The third-order valence-electron chi connectivity index (χ3n) is 4.16. The molecule has 0 saturated carbocycles. The van der Waals surface area contributed by atoms with Crippen LogP contribution in [0.1, 0.15) is 41.7 Å². The van der Waals surface area contributed by atoms with Crippen molar-refractivity contribution in [1.29, 1.82) is 0 Å². The first-order chi connectivity index (χ1) is 12.0. The highest BCUT2D eigenvalue weighted by atomic mass is 35.5. The van der Waals surface area contributed by atoms with Gasteiger partial charge in [-0.15, -0.1) is 0 Å². The second kappa shape index (κ2) is 7.07. The second-order valence-electron chi connectivity index (χ2n) is 5.92. The number of imide groups is 1. The molecular weight excluding hydrogens is 340 g/mol. The molecule has 1 aliphatic heterocycles. The molecule has 128 valence electrons. The van der Waals surface area contributed by atoms with Crippen molar-refractivity contribution >= 4 is 35.0 Å². The zero-order valence-electron chi connectivity index (χ0n) is 13.7. The van der Waals surface area contributed by atoms with E-state index in [0.717, 1.165) is 10.5 Å². The molecular formula is C19H17ClN2O3. The maximum atomic E-state index is 12.4. The van der Waals surface area contributed by atoms with Gasteiger partial charge in [-0.05, 0) is 48.9 Å². The molecule has 0 radical (unpaired) electrons. The van der Waals surface area contributed by atoms with Crippen LogP contribution in [0.3, 0.4) is 0 Å². The van der Waals surface area contributed by atoms with Gasteiger partial charge in [-0.3, -0.25) is 19.3 Å². The van der Waals surface area contributed by atoms with E-state index in [9.17, 15) is 14.4 Å². The molecule has 0 spiro atoms. The van der Waals surface area contributed by atoms with E-state index < -0.39 is 0 Å². The lowest BCUT2D eigenvalue weighted by molar-refractivity contribution is -0.121. The van der Waals surface area contributed by atoms with Crippen LogP contribution in [-0.2, 0) is 9.59 Å². The van der Waals surface area contributed by atoms with Crippen molar-refractivity contribution in [3.63, 3.8) is 0 Å². The van der Waals surface area contributed by atoms with E-state index in [1.807, 2.05) is 19.1 Å². The van der Waals surface area contributed by atoms with Crippen LogP contribution in [0.4, 0.5) is 5.69 Å². The number of halogens is 1. The molecule has 25 heavy (non-hydrogen) atoms. The molecule has 3 rings (SSSR count). The standard InChI is InChI=1S/C19H17ClN2O3/c1-12(13-2-6-15(20)7-3-13)21-19(25)14-4-8-16(9-5-14)22-17(23)10-11-18(22)24/h2-9,12H,10-11H2,1H3,(H,21,25). The summed E-state index contributed by atoms with van der Waals surface area (Å²) in [7, 11) is 0. The minimum atomic E-state index is -0.229. The lowest BCUT2D eigenvalue weighted by atomic mass is 10.1. The Morgan fingerprint density at radius 2 is 1.56 bits per heavy atom. The summed E-state index contributed by atoms with van der Waals surface area (Å²) < 4.78 is 0. The van der Waals surface area contributed by atoms with Crippen molar-refractivity contribution in [3.05, 3.63) is 64.7 Å². The Labute approximate surface area is 150 Å². The Morgan fingerprint density at radius 3 is 2.12 bits per heavy atom. The van der Waals surface area contributed by atoms with Crippen LogP contribution < -0.4 is 10.2 Å². The van der Waals surface area contributed by atoms with Crippen molar-refractivity contribution in [2.24, 2.45) is 0 Å². The largest absolute Gasteiger partial charge is 0.346 e. The van der Waals surface area contributed by atoms with Gasteiger partial charge in [0.1, 0.15) is 0 Å². The third-order valence-corrected chi connectivity index (χ3v) is 4.41. The lowest BCUT2D eigenvalue weighted by Gasteiger charge is -2.16. The topological polar surface area (TPSA) is 66.5 Å². The summed E-state index contributed by atoms with van der Waals surface area (Å²) in [5, 5.41) is 3.55. The number of anilines is 1. The summed E-state index contributed by atoms with van der Waals surface area (Å²) in [6.45, 7) is 1.89. The fourth-order valence-corrected chi connectivity index (χ4v) is 2.87. The molecule has 0 bridgehead atoms. The van der Waals surface area contributed by atoms with Crippen molar-refractivity contribution in [3.8, 4) is 0 Å². The number of nitrogens with one attached hydrogen (secondary N) is 1. The molecule has 1 heterocycles. The van der Waals surface area contributed by atoms with E-state index in [-0.39, 0.29) is 36.6 Å². The average molecular weight is 357 g/mol. The normalized spacial score (nSPS) is 15.4. The number of benzene rings is 2. The Kier molecular flexibility index (Phi) is 4.86. The quantitative estimate of drug-likeness (QED) is 0.853. The Hall–Kier alpha value is -2.66. The van der Waals surface area contributed by atoms with E-state index in [1.54, 1.807) is 36.4 Å². The van der Waals surface area contributed by atoms with Gasteiger partial charge >= 0.3 is 0 Å². The maximum Gasteiger partial charge on any atom is 0.251 e. The minimum absolute atomic E-state index is 0.175. The van der Waals surface area contributed by atoms with Gasteiger partial charge in [-0.1, -0.05) is 23.7 Å². The predicted molar refractivity (Wildman–Crippen MR) is 95.5 cm³/mol. The fourth-order valence-electron chi connectivity index (χ4n) is 2.74. The monoisotopic (exact) mass is 356 g/mol. The summed E-state index contributed by atoms with van der Waals surface area (Å²) >= 11 is 5.87. The van der Waals surface area contributed by atoms with Crippen molar-refractivity contribution in [2.45, 2.75) is 25.8 Å². The Balaban J connectivity index is 1.69. The molecule has 2 aromatic carbocycles. The summed E-state index contributed by atoms with van der Waals surface area (Å²) in [5.41, 5.74) is 1.90. The van der Waals surface area contributed by atoms with Gasteiger partial charge in [0.2, 0.25) is 11.8 Å². The second-order valence-corrected chi connectivity index (χ2v) is 6.35. The molecule has 0 aromatic heterocycles. The van der Waals surface area contributed by atoms with Gasteiger partial charge in [0.05, 0.1) is 11.7 Å². The molecule has 1 unspecified atom stereocenters. The first-order valence-corrected chi connectivity index (χ1v) is 8.35. The molecule has 1 fully saturated rings. The van der Waals surface area contributed by atoms with Gasteiger partial charge in [0.25, 0.3) is 5.91 Å². The summed E-state index contributed by atoms with van der Waals surface area (Å²) in [6, 6.07) is 13.5. The number of carbonyl (C=O) groups excluding carboxylic acids is 3. The lowest BCUT2D eigenvalue weighted by Crippen LogP contribution is -2.29. The average Bonchev–Trinajstić information content (AvgIpc) is 2.94. The molecule has 2 aromatic rings. The van der Waals surface area contributed by atoms with Gasteiger partial charge in [0.15, 0.2) is 0 Å². The molecule has 1 saturated heterocycles. The molecule has 0 aliphatic carbocycles. The minimum Gasteiger partial charge on any atom is -0.346 e. The van der Waals surface area contributed by atoms with Crippen LogP contribution in [0.25, 0.3) is 0 Å². The number of hydrogen-bond acceptors (Lipinski definition) is 3. The summed E-state index contributed by atoms with van der Waals surface area (Å²) in [5.74, 6) is -0.648. The molecule has 1 aliphatic rings. The van der Waals surface area contributed by atoms with Crippen LogP contribution in [0.15, 0.2) is 48.5 Å². The summed E-state index contributed by atoms with van der Waals surface area (Å²) in [4.78, 5) is 37.0. The molecule has 1 atom stereocenters. The molecule has 6 heteroatoms. The van der Waals surface area contributed by atoms with Crippen LogP contribution in [0.5, 0.6) is 0 Å². The van der Waals surface area contributed by atoms with E-state index in [4.69, 9.17) is 11.6 Å². The van der Waals surface area contributed by atoms with E-state index in [0.29, 0.717) is 16.3 Å². The van der Waals surface area contributed by atoms with Gasteiger partial charge in [0, 0.05) is 23.4 Å².